The van der Waals surface area contributed by atoms with Crippen LogP contribution < -0.4 is 0 Å². The molecule has 31 heavy (non-hydrogen) atoms. The van der Waals surface area contributed by atoms with Gasteiger partial charge in [-0.3, -0.25) is 4.79 Å². The van der Waals surface area contributed by atoms with Crippen LogP contribution in [0.25, 0.3) is 0 Å². The molecule has 0 bridgehead atoms. The van der Waals surface area contributed by atoms with Gasteiger partial charge in [-0.2, -0.15) is 0 Å². The number of hydrogen-bond acceptors (Lipinski definition) is 4. The van der Waals surface area contributed by atoms with Crippen molar-refractivity contribution in [2.45, 2.75) is 148 Å². The first-order chi connectivity index (χ1) is 15.2. The van der Waals surface area contributed by atoms with E-state index >= 15 is 0 Å². The highest BCUT2D eigenvalue weighted by atomic mass is 16.9. The number of carbonyl (C=O) groups is 1. The Kier molecular flexibility index (Phi) is 18.6. The lowest BCUT2D eigenvalue weighted by atomic mass is 10.0. The van der Waals surface area contributed by atoms with Crippen molar-refractivity contribution in [3.63, 3.8) is 0 Å². The van der Waals surface area contributed by atoms with Crippen molar-refractivity contribution in [2.75, 3.05) is 19.8 Å². The van der Waals surface area contributed by atoms with Crippen LogP contribution in [0.3, 0.4) is 0 Å². The molecule has 0 N–H and O–H groups in total. The van der Waals surface area contributed by atoms with E-state index in [1.165, 1.54) is 109 Å². The second-order valence-corrected chi connectivity index (χ2v) is 9.41. The second kappa shape index (κ2) is 20.2. The number of Topliss-reactive ketones (excluding diaryl/α,β-unsaturated/α-hetero) is 1. The van der Waals surface area contributed by atoms with Crippen LogP contribution in [-0.2, 0) is 19.0 Å². The fourth-order valence-corrected chi connectivity index (χ4v) is 4.23. The van der Waals surface area contributed by atoms with E-state index in [-0.39, 0.29) is 19.0 Å². The van der Waals surface area contributed by atoms with Gasteiger partial charge in [0, 0.05) is 6.42 Å². The fraction of sp³-hybridized carbons (Fsp3) is 0.963. The molecule has 1 rings (SSSR count). The summed E-state index contributed by atoms with van der Waals surface area (Å²) in [6.45, 7) is 5.37. The Morgan fingerprint density at radius 3 is 1.45 bits per heavy atom. The number of carbonyl (C=O) groups excluding carboxylic acids is 1. The van der Waals surface area contributed by atoms with Crippen LogP contribution in [0, 0.1) is 0 Å². The summed E-state index contributed by atoms with van der Waals surface area (Å²) >= 11 is 0. The molecule has 0 unspecified atom stereocenters. The zero-order valence-electron chi connectivity index (χ0n) is 20.9. The minimum absolute atomic E-state index is 0.00158. The van der Waals surface area contributed by atoms with Crippen molar-refractivity contribution in [3.8, 4) is 0 Å². The molecule has 1 heterocycles. The molecule has 0 aromatic heterocycles. The summed E-state index contributed by atoms with van der Waals surface area (Å²) in [6.07, 6.45) is 25.6. The molecule has 0 aromatic rings. The normalized spacial score (nSPS) is 16.1. The summed E-state index contributed by atoms with van der Waals surface area (Å²) in [5.74, 6) is -0.974. The van der Waals surface area contributed by atoms with Gasteiger partial charge >= 0.3 is 0 Å². The Morgan fingerprint density at radius 1 is 0.613 bits per heavy atom. The molecule has 4 nitrogen and oxygen atoms in total. The predicted octanol–water partition coefficient (Wildman–Crippen LogP) is 8.11. The summed E-state index contributed by atoms with van der Waals surface area (Å²) in [6, 6.07) is 0. The molecular weight excluding hydrogens is 388 g/mol. The zero-order valence-corrected chi connectivity index (χ0v) is 20.9. The minimum Gasteiger partial charge on any atom is -0.327 e. The Hall–Kier alpha value is -0.450. The maximum atomic E-state index is 11.5. The van der Waals surface area contributed by atoms with Gasteiger partial charge in [-0.25, -0.2) is 0 Å². The molecule has 1 fully saturated rings. The third-order valence-corrected chi connectivity index (χ3v) is 6.31. The monoisotopic (exact) mass is 440 g/mol. The van der Waals surface area contributed by atoms with E-state index in [1.54, 1.807) is 0 Å². The molecule has 1 aliphatic rings. The van der Waals surface area contributed by atoms with E-state index in [0.29, 0.717) is 6.61 Å². The SMILES string of the molecule is CCCCCCCCCCCCCCCCCC1(OCCCCCC)OCC(=O)CO1. The molecule has 0 spiro atoms. The van der Waals surface area contributed by atoms with E-state index in [0.717, 1.165) is 19.3 Å². The van der Waals surface area contributed by atoms with Gasteiger partial charge in [0.05, 0.1) is 6.61 Å². The van der Waals surface area contributed by atoms with Crippen LogP contribution >= 0.6 is 0 Å². The van der Waals surface area contributed by atoms with Crippen LogP contribution in [0.15, 0.2) is 0 Å². The van der Waals surface area contributed by atoms with Crippen molar-refractivity contribution in [1.29, 1.82) is 0 Å². The van der Waals surface area contributed by atoms with Crippen LogP contribution in [0.2, 0.25) is 0 Å². The average Bonchev–Trinajstić information content (AvgIpc) is 2.78. The Labute approximate surface area is 193 Å². The topological polar surface area (TPSA) is 44.8 Å². The third-order valence-electron chi connectivity index (χ3n) is 6.31. The molecule has 1 saturated heterocycles. The molecule has 0 amide bonds. The lowest BCUT2D eigenvalue weighted by molar-refractivity contribution is -0.389. The lowest BCUT2D eigenvalue weighted by Crippen LogP contribution is -2.47. The van der Waals surface area contributed by atoms with Gasteiger partial charge in [0.15, 0.2) is 5.78 Å². The molecule has 0 atom stereocenters. The molecule has 0 radical (unpaired) electrons. The van der Waals surface area contributed by atoms with Crippen molar-refractivity contribution in [1.82, 2.24) is 0 Å². The first-order valence-corrected chi connectivity index (χ1v) is 13.7. The number of hydrogen-bond donors (Lipinski definition) is 0. The molecule has 1 aliphatic heterocycles. The Balaban J connectivity index is 1.98. The van der Waals surface area contributed by atoms with Crippen LogP contribution in [0.4, 0.5) is 0 Å². The number of rotatable bonds is 22. The van der Waals surface area contributed by atoms with Gasteiger partial charge in [0.1, 0.15) is 13.2 Å². The van der Waals surface area contributed by atoms with Crippen molar-refractivity contribution in [3.05, 3.63) is 0 Å². The number of unbranched alkanes of at least 4 members (excludes halogenated alkanes) is 17. The minimum atomic E-state index is -0.976. The molecular formula is C27H52O4. The van der Waals surface area contributed by atoms with Crippen LogP contribution in [0.5, 0.6) is 0 Å². The highest BCUT2D eigenvalue weighted by Gasteiger charge is 2.37. The summed E-state index contributed by atoms with van der Waals surface area (Å²) in [5.41, 5.74) is 0. The van der Waals surface area contributed by atoms with Gasteiger partial charge in [0.2, 0.25) is 0 Å². The van der Waals surface area contributed by atoms with E-state index in [4.69, 9.17) is 14.2 Å². The molecule has 0 aliphatic carbocycles. The van der Waals surface area contributed by atoms with E-state index in [9.17, 15) is 4.79 Å². The van der Waals surface area contributed by atoms with Gasteiger partial charge in [0.25, 0.3) is 5.97 Å². The highest BCUT2D eigenvalue weighted by molar-refractivity contribution is 5.81. The van der Waals surface area contributed by atoms with Gasteiger partial charge in [-0.1, -0.05) is 123 Å². The maximum absolute atomic E-state index is 11.5. The first-order valence-electron chi connectivity index (χ1n) is 13.7. The van der Waals surface area contributed by atoms with Crippen LogP contribution in [0.1, 0.15) is 142 Å². The van der Waals surface area contributed by atoms with Crippen molar-refractivity contribution < 1.29 is 19.0 Å². The first kappa shape index (κ1) is 28.6. The van der Waals surface area contributed by atoms with Gasteiger partial charge in [-0.15, -0.1) is 0 Å². The summed E-state index contributed by atoms with van der Waals surface area (Å²) in [4.78, 5) is 11.5. The van der Waals surface area contributed by atoms with E-state index < -0.39 is 5.97 Å². The molecule has 0 saturated carbocycles. The van der Waals surface area contributed by atoms with Crippen LogP contribution in [-0.4, -0.2) is 31.6 Å². The number of ether oxygens (including phenoxy) is 3. The van der Waals surface area contributed by atoms with E-state index in [1.807, 2.05) is 0 Å². The largest absolute Gasteiger partial charge is 0.327 e. The summed E-state index contributed by atoms with van der Waals surface area (Å²) < 4.78 is 17.4. The molecule has 184 valence electrons. The Morgan fingerprint density at radius 2 is 1.00 bits per heavy atom. The highest BCUT2D eigenvalue weighted by Crippen LogP contribution is 2.27. The smallest absolute Gasteiger partial charge is 0.283 e. The quantitative estimate of drug-likeness (QED) is 0.159. The number of ketones is 1. The van der Waals surface area contributed by atoms with Gasteiger partial charge in [-0.05, 0) is 12.8 Å². The maximum Gasteiger partial charge on any atom is 0.283 e. The average molecular weight is 441 g/mol. The lowest BCUT2D eigenvalue weighted by Gasteiger charge is -2.36. The summed E-state index contributed by atoms with van der Waals surface area (Å²) in [5, 5.41) is 0. The summed E-state index contributed by atoms with van der Waals surface area (Å²) in [7, 11) is 0. The Bertz CT molecular complexity index is 400. The second-order valence-electron chi connectivity index (χ2n) is 9.41. The zero-order chi connectivity index (χ0) is 22.5. The van der Waals surface area contributed by atoms with E-state index in [2.05, 4.69) is 13.8 Å². The van der Waals surface area contributed by atoms with Gasteiger partial charge < -0.3 is 14.2 Å². The predicted molar refractivity (Wildman–Crippen MR) is 129 cm³/mol. The standard InChI is InChI=1S/C27H52O4/c1-3-5-7-9-10-11-12-13-14-15-16-17-18-19-20-22-27(29-23-21-8-6-4-2)30-24-26(28)25-31-27/h3-25H2,1-2H3. The van der Waals surface area contributed by atoms with Crippen molar-refractivity contribution in [2.24, 2.45) is 0 Å². The van der Waals surface area contributed by atoms with Crippen molar-refractivity contribution >= 4 is 5.78 Å². The fourth-order valence-electron chi connectivity index (χ4n) is 4.23. The molecule has 4 heteroatoms. The third kappa shape index (κ3) is 15.9. The molecule has 0 aromatic carbocycles.